The fourth-order valence-electron chi connectivity index (χ4n) is 5.83. The number of aromatic amines is 1. The van der Waals surface area contributed by atoms with Gasteiger partial charge in [-0.15, -0.1) is 0 Å². The maximum absolute atomic E-state index is 13.0. The highest BCUT2D eigenvalue weighted by atomic mass is 16.5. The van der Waals surface area contributed by atoms with E-state index >= 15 is 0 Å². The minimum absolute atomic E-state index is 0.115. The van der Waals surface area contributed by atoms with Gasteiger partial charge in [0, 0.05) is 38.7 Å². The van der Waals surface area contributed by atoms with Gasteiger partial charge in [-0.25, -0.2) is 4.98 Å². The molecule has 1 aromatic heterocycles. The molecule has 1 aromatic rings. The Kier molecular flexibility index (Phi) is 5.29. The molecule has 4 heterocycles. The molecule has 1 unspecified atom stereocenters. The number of carbonyl (C=O) groups is 2. The molecule has 2 amide bonds. The topological polar surface area (TPSA) is 91.4 Å². The lowest BCUT2D eigenvalue weighted by Gasteiger charge is -2.47. The maximum Gasteiger partial charge on any atom is 0.230 e. The van der Waals surface area contributed by atoms with Gasteiger partial charge in [-0.2, -0.15) is 5.10 Å². The monoisotopic (exact) mass is 415 g/mol. The van der Waals surface area contributed by atoms with Gasteiger partial charge in [0.2, 0.25) is 11.8 Å². The minimum Gasteiger partial charge on any atom is -0.378 e. The van der Waals surface area contributed by atoms with Crippen LogP contribution in [0.3, 0.4) is 0 Å². The molecule has 3 aliphatic heterocycles. The van der Waals surface area contributed by atoms with E-state index in [9.17, 15) is 9.59 Å². The molecule has 3 atom stereocenters. The van der Waals surface area contributed by atoms with Crippen molar-refractivity contribution in [3.8, 4) is 0 Å². The Labute approximate surface area is 177 Å². The number of amides is 2. The number of nitrogens with zero attached hydrogens (tertiary/aromatic N) is 4. The molecule has 0 radical (unpaired) electrons. The number of aromatic nitrogens is 3. The number of hydrogen-bond donors (Lipinski definition) is 1. The summed E-state index contributed by atoms with van der Waals surface area (Å²) < 4.78 is 5.79. The van der Waals surface area contributed by atoms with Crippen molar-refractivity contribution in [2.45, 2.75) is 64.4 Å². The molecular weight excluding hydrogens is 382 g/mol. The maximum atomic E-state index is 13.0. The number of piperidine rings is 2. The van der Waals surface area contributed by atoms with E-state index in [2.05, 4.69) is 20.1 Å². The molecule has 1 aliphatic carbocycles. The fourth-order valence-corrected chi connectivity index (χ4v) is 5.83. The van der Waals surface area contributed by atoms with Gasteiger partial charge in [0.05, 0.1) is 12.5 Å². The summed E-state index contributed by atoms with van der Waals surface area (Å²) in [7, 11) is 0. The van der Waals surface area contributed by atoms with Gasteiger partial charge in [0.25, 0.3) is 0 Å². The number of rotatable bonds is 4. The molecule has 1 N–H and O–H groups in total. The lowest BCUT2D eigenvalue weighted by Crippen LogP contribution is -2.52. The van der Waals surface area contributed by atoms with E-state index < -0.39 is 0 Å². The van der Waals surface area contributed by atoms with Crippen LogP contribution in [0.25, 0.3) is 0 Å². The first-order chi connectivity index (χ1) is 14.5. The molecule has 4 aliphatic rings. The third kappa shape index (κ3) is 3.98. The predicted molar refractivity (Wildman–Crippen MR) is 109 cm³/mol. The van der Waals surface area contributed by atoms with E-state index in [0.717, 1.165) is 83.6 Å². The van der Waals surface area contributed by atoms with E-state index in [1.165, 1.54) is 0 Å². The van der Waals surface area contributed by atoms with Crippen molar-refractivity contribution in [3.63, 3.8) is 0 Å². The molecule has 8 nitrogen and oxygen atoms in total. The van der Waals surface area contributed by atoms with Gasteiger partial charge in [-0.05, 0) is 63.2 Å². The SMILES string of the molecule is Cc1nc(CC(=O)N2CCCC3(CCN(C(=O)[C@@H]4C[C@H]4C4CCCO4)CC3)C2)n[nH]1. The van der Waals surface area contributed by atoms with Crippen molar-refractivity contribution in [2.75, 3.05) is 32.8 Å². The lowest BCUT2D eigenvalue weighted by atomic mass is 9.72. The first-order valence-electron chi connectivity index (χ1n) is 11.6. The van der Waals surface area contributed by atoms with Crippen molar-refractivity contribution < 1.29 is 14.3 Å². The highest BCUT2D eigenvalue weighted by molar-refractivity contribution is 5.82. The summed E-state index contributed by atoms with van der Waals surface area (Å²) in [6, 6.07) is 0. The Hall–Kier alpha value is -1.96. The standard InChI is InChI=1S/C22H33N5O3/c1-15-23-19(25-24-15)13-20(28)27-8-3-5-22(14-27)6-9-26(10-7-22)21(29)17-12-16(17)18-4-2-11-30-18/h16-18H,2-14H2,1H3,(H,23,24,25)/t16-,17-,18?/m1/s1. The summed E-state index contributed by atoms with van der Waals surface area (Å²) in [6.45, 7) is 5.98. The largest absolute Gasteiger partial charge is 0.378 e. The van der Waals surface area contributed by atoms with Crippen LogP contribution in [0.2, 0.25) is 0 Å². The predicted octanol–water partition coefficient (Wildman–Crippen LogP) is 1.70. The Morgan fingerprint density at radius 2 is 2.00 bits per heavy atom. The van der Waals surface area contributed by atoms with Gasteiger partial charge in [0.1, 0.15) is 5.82 Å². The van der Waals surface area contributed by atoms with Crippen LogP contribution in [0, 0.1) is 24.2 Å². The summed E-state index contributed by atoms with van der Waals surface area (Å²) in [5.74, 6) is 2.41. The van der Waals surface area contributed by atoms with E-state index in [1.807, 2.05) is 11.8 Å². The first-order valence-corrected chi connectivity index (χ1v) is 11.6. The zero-order valence-electron chi connectivity index (χ0n) is 17.9. The van der Waals surface area contributed by atoms with Crippen molar-refractivity contribution >= 4 is 11.8 Å². The summed E-state index contributed by atoms with van der Waals surface area (Å²) in [5, 5.41) is 6.91. The molecule has 1 spiro atoms. The number of ether oxygens (including phenoxy) is 1. The fraction of sp³-hybridized carbons (Fsp3) is 0.818. The van der Waals surface area contributed by atoms with Crippen molar-refractivity contribution in [1.29, 1.82) is 0 Å². The third-order valence-electron chi connectivity index (χ3n) is 7.70. The van der Waals surface area contributed by atoms with E-state index in [0.29, 0.717) is 23.8 Å². The molecule has 164 valence electrons. The third-order valence-corrected chi connectivity index (χ3v) is 7.70. The van der Waals surface area contributed by atoms with Crippen molar-refractivity contribution in [2.24, 2.45) is 17.3 Å². The lowest BCUT2D eigenvalue weighted by molar-refractivity contribution is -0.140. The number of H-pyrrole nitrogens is 1. The zero-order valence-corrected chi connectivity index (χ0v) is 17.9. The normalized spacial score (nSPS) is 30.6. The average molecular weight is 416 g/mol. The molecule has 3 saturated heterocycles. The summed E-state index contributed by atoms with van der Waals surface area (Å²) in [5.41, 5.74) is 0.164. The van der Waals surface area contributed by atoms with Gasteiger partial charge >= 0.3 is 0 Å². The van der Waals surface area contributed by atoms with Crippen LogP contribution < -0.4 is 0 Å². The first kappa shape index (κ1) is 20.0. The Morgan fingerprint density at radius 3 is 2.70 bits per heavy atom. The highest BCUT2D eigenvalue weighted by Crippen LogP contribution is 2.47. The zero-order chi connectivity index (χ0) is 20.7. The molecule has 8 heteroatoms. The summed E-state index contributed by atoms with van der Waals surface area (Å²) >= 11 is 0. The van der Waals surface area contributed by atoms with Crippen LogP contribution in [0.15, 0.2) is 0 Å². The second-order valence-electron chi connectivity index (χ2n) is 9.82. The molecule has 1 saturated carbocycles. The van der Waals surface area contributed by atoms with Gasteiger partial charge < -0.3 is 14.5 Å². The highest BCUT2D eigenvalue weighted by Gasteiger charge is 2.51. The van der Waals surface area contributed by atoms with Gasteiger partial charge in [-0.3, -0.25) is 14.7 Å². The minimum atomic E-state index is 0.115. The van der Waals surface area contributed by atoms with Crippen molar-refractivity contribution in [3.05, 3.63) is 11.6 Å². The number of nitrogens with one attached hydrogen (secondary N) is 1. The number of carbonyl (C=O) groups excluding carboxylic acids is 2. The number of likely N-dealkylation sites (tertiary alicyclic amines) is 2. The molecule has 0 aromatic carbocycles. The van der Waals surface area contributed by atoms with Crippen LogP contribution in [-0.4, -0.2) is 75.7 Å². The van der Waals surface area contributed by atoms with E-state index in [1.54, 1.807) is 0 Å². The number of aryl methyl sites for hydroxylation is 1. The van der Waals surface area contributed by atoms with Gasteiger partial charge in [-0.1, -0.05) is 0 Å². The van der Waals surface area contributed by atoms with Crippen LogP contribution in [-0.2, 0) is 20.7 Å². The smallest absolute Gasteiger partial charge is 0.230 e. The Morgan fingerprint density at radius 1 is 1.17 bits per heavy atom. The van der Waals surface area contributed by atoms with E-state index in [4.69, 9.17) is 4.74 Å². The molecular formula is C22H33N5O3. The van der Waals surface area contributed by atoms with Gasteiger partial charge in [0.15, 0.2) is 5.82 Å². The second kappa shape index (κ2) is 7.94. The summed E-state index contributed by atoms with van der Waals surface area (Å²) in [4.78, 5) is 34.1. The van der Waals surface area contributed by atoms with Crippen molar-refractivity contribution in [1.82, 2.24) is 25.0 Å². The van der Waals surface area contributed by atoms with Crippen LogP contribution in [0.4, 0.5) is 0 Å². The van der Waals surface area contributed by atoms with Crippen LogP contribution in [0.5, 0.6) is 0 Å². The van der Waals surface area contributed by atoms with Crippen LogP contribution >= 0.6 is 0 Å². The number of hydrogen-bond acceptors (Lipinski definition) is 5. The Bertz CT molecular complexity index is 794. The second-order valence-corrected chi connectivity index (χ2v) is 9.82. The molecule has 0 bridgehead atoms. The van der Waals surface area contributed by atoms with E-state index in [-0.39, 0.29) is 23.7 Å². The summed E-state index contributed by atoms with van der Waals surface area (Å²) in [6.07, 6.45) is 8.04. The quantitative estimate of drug-likeness (QED) is 0.808. The Balaban J connectivity index is 1.13. The van der Waals surface area contributed by atoms with Crippen LogP contribution in [0.1, 0.15) is 56.6 Å². The molecule has 30 heavy (non-hydrogen) atoms. The molecule has 4 fully saturated rings. The molecule has 5 rings (SSSR count). The average Bonchev–Trinajstić information content (AvgIpc) is 3.14.